The average Bonchev–Trinajstić information content (AvgIpc) is 2.60. The van der Waals surface area contributed by atoms with Crippen molar-refractivity contribution in [2.24, 2.45) is 5.92 Å². The number of non-ortho nitro benzene ring substituents is 1. The molecular weight excluding hydrogens is 302 g/mol. The topological polar surface area (TPSA) is 49.6 Å². The third-order valence-corrected chi connectivity index (χ3v) is 5.86. The molecule has 0 radical (unpaired) electrons. The minimum absolute atomic E-state index is 0.229. The first kappa shape index (κ1) is 17.4. The molecule has 1 aromatic rings. The normalized spacial score (nSPS) is 22.5. The van der Waals surface area contributed by atoms with Gasteiger partial charge in [-0.3, -0.25) is 10.1 Å². The monoisotopic (exact) mass is 331 g/mol. The summed E-state index contributed by atoms with van der Waals surface area (Å²) in [5.41, 5.74) is 2.71. The molecule has 1 atom stereocenters. The molecule has 1 aliphatic heterocycles. The van der Waals surface area contributed by atoms with Gasteiger partial charge in [-0.05, 0) is 75.8 Å². The van der Waals surface area contributed by atoms with Crippen LogP contribution in [0.15, 0.2) is 18.2 Å². The predicted octanol–water partition coefficient (Wildman–Crippen LogP) is 3.12. The summed E-state index contributed by atoms with van der Waals surface area (Å²) in [6.45, 7) is 6.92. The average molecular weight is 331 g/mol. The highest BCUT2D eigenvalue weighted by atomic mass is 16.6. The molecule has 2 aliphatic rings. The van der Waals surface area contributed by atoms with Crippen LogP contribution in [0.25, 0.3) is 0 Å². The van der Waals surface area contributed by atoms with E-state index in [0.717, 1.165) is 25.3 Å². The van der Waals surface area contributed by atoms with E-state index in [1.54, 1.807) is 12.1 Å². The molecule has 132 valence electrons. The van der Waals surface area contributed by atoms with Crippen LogP contribution >= 0.6 is 0 Å². The van der Waals surface area contributed by atoms with E-state index in [1.807, 2.05) is 6.07 Å². The van der Waals surface area contributed by atoms with Crippen LogP contribution in [-0.4, -0.2) is 54.0 Å². The molecule has 0 N–H and O–H groups in total. The maximum atomic E-state index is 11.0. The number of benzene rings is 1. The van der Waals surface area contributed by atoms with Crippen LogP contribution < -0.4 is 0 Å². The first-order chi connectivity index (χ1) is 11.6. The highest BCUT2D eigenvalue weighted by Gasteiger charge is 2.27. The fraction of sp³-hybridized carbons (Fsp3) is 0.684. The number of nitro groups is 1. The van der Waals surface area contributed by atoms with E-state index >= 15 is 0 Å². The van der Waals surface area contributed by atoms with Crippen molar-refractivity contribution in [3.8, 4) is 0 Å². The number of likely N-dealkylation sites (tertiary alicyclic amines) is 1. The summed E-state index contributed by atoms with van der Waals surface area (Å²) in [7, 11) is 2.21. The second-order valence-corrected chi connectivity index (χ2v) is 7.44. The number of likely N-dealkylation sites (N-methyl/N-ethyl adjacent to an activating group) is 1. The summed E-state index contributed by atoms with van der Waals surface area (Å²) >= 11 is 0. The van der Waals surface area contributed by atoms with Gasteiger partial charge < -0.3 is 9.80 Å². The number of nitro benzene ring substituents is 1. The number of hydrogen-bond donors (Lipinski definition) is 0. The molecule has 0 aromatic heterocycles. The zero-order valence-electron chi connectivity index (χ0n) is 14.9. The van der Waals surface area contributed by atoms with Gasteiger partial charge in [0.1, 0.15) is 0 Å². The lowest BCUT2D eigenvalue weighted by Gasteiger charge is -2.38. The Morgan fingerprint density at radius 3 is 2.67 bits per heavy atom. The number of nitrogens with zero attached hydrogens (tertiary/aromatic N) is 3. The minimum atomic E-state index is -0.278. The first-order valence-electron chi connectivity index (χ1n) is 9.25. The fourth-order valence-corrected chi connectivity index (χ4v) is 4.26. The molecule has 1 fully saturated rings. The molecule has 1 aromatic carbocycles. The second kappa shape index (κ2) is 7.62. The molecule has 5 heteroatoms. The van der Waals surface area contributed by atoms with Gasteiger partial charge in [0, 0.05) is 24.7 Å². The van der Waals surface area contributed by atoms with Crippen molar-refractivity contribution in [2.45, 2.75) is 45.1 Å². The van der Waals surface area contributed by atoms with Crippen LogP contribution in [0.2, 0.25) is 0 Å². The number of aryl methyl sites for hydroxylation is 1. The molecule has 1 aliphatic carbocycles. The summed E-state index contributed by atoms with van der Waals surface area (Å²) in [4.78, 5) is 15.8. The Kier molecular flexibility index (Phi) is 5.51. The van der Waals surface area contributed by atoms with Crippen molar-refractivity contribution in [1.82, 2.24) is 9.80 Å². The van der Waals surface area contributed by atoms with Crippen molar-refractivity contribution in [1.29, 1.82) is 0 Å². The summed E-state index contributed by atoms with van der Waals surface area (Å²) in [6.07, 6.45) is 5.76. The smallest absolute Gasteiger partial charge is 0.269 e. The van der Waals surface area contributed by atoms with Gasteiger partial charge in [0.25, 0.3) is 5.69 Å². The van der Waals surface area contributed by atoms with Crippen LogP contribution in [-0.2, 0) is 12.8 Å². The van der Waals surface area contributed by atoms with Crippen LogP contribution in [0.5, 0.6) is 0 Å². The molecule has 3 rings (SSSR count). The first-order valence-corrected chi connectivity index (χ1v) is 9.25. The van der Waals surface area contributed by atoms with Crippen LogP contribution in [0.4, 0.5) is 5.69 Å². The Bertz CT molecular complexity index is 582. The van der Waals surface area contributed by atoms with Gasteiger partial charge in [0.05, 0.1) is 4.92 Å². The van der Waals surface area contributed by atoms with Gasteiger partial charge >= 0.3 is 0 Å². The maximum Gasteiger partial charge on any atom is 0.269 e. The van der Waals surface area contributed by atoms with E-state index in [1.165, 1.54) is 50.0 Å². The van der Waals surface area contributed by atoms with Crippen molar-refractivity contribution in [3.63, 3.8) is 0 Å². The Morgan fingerprint density at radius 1 is 1.25 bits per heavy atom. The van der Waals surface area contributed by atoms with Gasteiger partial charge in [0.15, 0.2) is 0 Å². The van der Waals surface area contributed by atoms with Gasteiger partial charge in [-0.2, -0.15) is 0 Å². The standard InChI is InChI=1S/C19H29N3O2/c1-3-21(14-15-8-10-20(2)11-9-15)18-6-4-16-5-7-19(22(23)24)13-17(16)12-18/h5,7,13,15,18H,3-4,6,8-12,14H2,1-2H3. The summed E-state index contributed by atoms with van der Waals surface area (Å²) in [6, 6.07) is 5.93. The second-order valence-electron chi connectivity index (χ2n) is 7.44. The number of fused-ring (bicyclic) bond motifs is 1. The molecule has 0 saturated carbocycles. The quantitative estimate of drug-likeness (QED) is 0.614. The molecule has 24 heavy (non-hydrogen) atoms. The molecule has 0 bridgehead atoms. The summed E-state index contributed by atoms with van der Waals surface area (Å²) in [5.74, 6) is 0.799. The molecule has 1 heterocycles. The number of piperidine rings is 1. The van der Waals surface area contributed by atoms with Gasteiger partial charge in [0.2, 0.25) is 0 Å². The Labute approximate surface area is 144 Å². The van der Waals surface area contributed by atoms with E-state index in [9.17, 15) is 10.1 Å². The Balaban J connectivity index is 1.66. The number of rotatable bonds is 5. The minimum Gasteiger partial charge on any atom is -0.306 e. The molecule has 0 spiro atoms. The largest absolute Gasteiger partial charge is 0.306 e. The van der Waals surface area contributed by atoms with Crippen LogP contribution in [0, 0.1) is 16.0 Å². The fourth-order valence-electron chi connectivity index (χ4n) is 4.26. The predicted molar refractivity (Wildman–Crippen MR) is 96.4 cm³/mol. The third kappa shape index (κ3) is 3.95. The summed E-state index contributed by atoms with van der Waals surface area (Å²) in [5, 5.41) is 11.0. The highest BCUT2D eigenvalue weighted by Crippen LogP contribution is 2.29. The zero-order valence-corrected chi connectivity index (χ0v) is 14.9. The van der Waals surface area contributed by atoms with E-state index in [0.29, 0.717) is 6.04 Å². The lowest BCUT2D eigenvalue weighted by molar-refractivity contribution is -0.384. The molecule has 5 nitrogen and oxygen atoms in total. The zero-order chi connectivity index (χ0) is 17.1. The highest BCUT2D eigenvalue weighted by molar-refractivity contribution is 5.41. The van der Waals surface area contributed by atoms with E-state index in [-0.39, 0.29) is 10.6 Å². The van der Waals surface area contributed by atoms with Gasteiger partial charge in [-0.1, -0.05) is 13.0 Å². The molecule has 1 unspecified atom stereocenters. The SMILES string of the molecule is CCN(CC1CCN(C)CC1)C1CCc2ccc([N+](=O)[O-])cc2C1. The third-order valence-electron chi connectivity index (χ3n) is 5.86. The van der Waals surface area contributed by atoms with Crippen molar-refractivity contribution < 1.29 is 4.92 Å². The van der Waals surface area contributed by atoms with Gasteiger partial charge in [-0.25, -0.2) is 0 Å². The van der Waals surface area contributed by atoms with E-state index < -0.39 is 0 Å². The van der Waals surface area contributed by atoms with Crippen LogP contribution in [0.1, 0.15) is 37.3 Å². The Morgan fingerprint density at radius 2 is 2.00 bits per heavy atom. The van der Waals surface area contributed by atoms with E-state index in [4.69, 9.17) is 0 Å². The molecular formula is C19H29N3O2. The van der Waals surface area contributed by atoms with Gasteiger partial charge in [-0.15, -0.1) is 0 Å². The Hall–Kier alpha value is -1.46. The molecule has 0 amide bonds. The lowest BCUT2D eigenvalue weighted by Crippen LogP contribution is -2.44. The number of hydrogen-bond acceptors (Lipinski definition) is 4. The molecule has 1 saturated heterocycles. The van der Waals surface area contributed by atoms with Crippen molar-refractivity contribution >= 4 is 5.69 Å². The van der Waals surface area contributed by atoms with E-state index in [2.05, 4.69) is 23.8 Å². The lowest BCUT2D eigenvalue weighted by atomic mass is 9.86. The maximum absolute atomic E-state index is 11.0. The summed E-state index contributed by atoms with van der Waals surface area (Å²) < 4.78 is 0. The van der Waals surface area contributed by atoms with Crippen molar-refractivity contribution in [2.75, 3.05) is 33.2 Å². The van der Waals surface area contributed by atoms with Crippen LogP contribution in [0.3, 0.4) is 0 Å². The van der Waals surface area contributed by atoms with Crippen molar-refractivity contribution in [3.05, 3.63) is 39.4 Å².